The molecule has 11 heteroatoms. The van der Waals surface area contributed by atoms with Crippen LogP contribution in [-0.4, -0.2) is 37.0 Å². The summed E-state index contributed by atoms with van der Waals surface area (Å²) in [5.74, 6) is 0.828. The van der Waals surface area contributed by atoms with E-state index in [2.05, 4.69) is 30.7 Å². The van der Waals surface area contributed by atoms with Crippen molar-refractivity contribution in [3.05, 3.63) is 88.5 Å². The van der Waals surface area contributed by atoms with Gasteiger partial charge in [-0.3, -0.25) is 10.1 Å². The Morgan fingerprint density at radius 2 is 1.93 bits per heavy atom. The summed E-state index contributed by atoms with van der Waals surface area (Å²) in [6.45, 7) is 2.73. The maximum Gasteiger partial charge on any atom is 0.324 e. The zero-order valence-electron chi connectivity index (χ0n) is 29.0. The van der Waals surface area contributed by atoms with E-state index in [1.165, 1.54) is 18.0 Å². The Morgan fingerprint density at radius 3 is 2.65 bits per heavy atom. The molecule has 40 heavy (non-hydrogen) atoms. The van der Waals surface area contributed by atoms with E-state index in [4.69, 9.17) is 14.3 Å². The van der Waals surface area contributed by atoms with Crippen molar-refractivity contribution >= 4 is 40.5 Å². The van der Waals surface area contributed by atoms with Gasteiger partial charge in [-0.25, -0.2) is 19.4 Å². The minimum absolute atomic E-state index is 0.0376. The predicted molar refractivity (Wildman–Crippen MR) is 158 cm³/mol. The number of H-pyrrole nitrogens is 1. The van der Waals surface area contributed by atoms with Crippen molar-refractivity contribution < 1.29 is 19.1 Å². The molecule has 3 N–H and O–H groups in total. The number of hydrogen-bond acceptors (Lipinski definition) is 7. The topological polar surface area (TPSA) is 127 Å². The highest BCUT2D eigenvalue weighted by molar-refractivity contribution is 7.98. The molecule has 2 aromatic carbocycles. The highest BCUT2D eigenvalue weighted by Gasteiger charge is 2.22. The molecule has 204 valence electrons. The number of pyridine rings is 1. The van der Waals surface area contributed by atoms with Gasteiger partial charge < -0.3 is 15.0 Å². The lowest BCUT2D eigenvalue weighted by Gasteiger charge is -2.14. The summed E-state index contributed by atoms with van der Waals surface area (Å²) in [7, 11) is 0. The van der Waals surface area contributed by atoms with E-state index in [1.54, 1.807) is 30.3 Å². The molecule has 0 saturated carbocycles. The third-order valence-electron chi connectivity index (χ3n) is 5.63. The first-order chi connectivity index (χ1) is 22.0. The lowest BCUT2D eigenvalue weighted by molar-refractivity contribution is 0.262. The van der Waals surface area contributed by atoms with Crippen LogP contribution in [0.1, 0.15) is 41.6 Å². The molecule has 0 aliphatic heterocycles. The smallest absolute Gasteiger partial charge is 0.324 e. The summed E-state index contributed by atoms with van der Waals surface area (Å²) in [5, 5.41) is 9.95. The summed E-state index contributed by atoms with van der Waals surface area (Å²) in [6, 6.07) is 4.75. The van der Waals surface area contributed by atoms with Gasteiger partial charge in [0.1, 0.15) is 17.1 Å². The van der Waals surface area contributed by atoms with Gasteiger partial charge in [-0.15, -0.1) is 11.8 Å². The van der Waals surface area contributed by atoms with Crippen molar-refractivity contribution in [1.82, 2.24) is 24.7 Å². The zero-order valence-corrected chi connectivity index (χ0v) is 22.8. The van der Waals surface area contributed by atoms with Crippen molar-refractivity contribution in [3.8, 4) is 17.2 Å². The molecule has 0 aliphatic rings. The Balaban J connectivity index is 1.46. The third kappa shape index (κ3) is 5.84. The van der Waals surface area contributed by atoms with E-state index in [9.17, 15) is 9.59 Å². The Kier molecular flexibility index (Phi) is 5.27. The second kappa shape index (κ2) is 10.9. The fraction of sp³-hybridized carbons (Fsp3) is 0.207. The number of amides is 2. The number of nitrogens with one attached hydrogen (secondary N) is 3. The van der Waals surface area contributed by atoms with Gasteiger partial charge in [0.2, 0.25) is 0 Å². The number of ether oxygens (including phenoxy) is 1. The Hall–Kier alpha value is -4.64. The van der Waals surface area contributed by atoms with E-state index in [0.717, 1.165) is 10.9 Å². The molecule has 0 atom stereocenters. The second-order valence-corrected chi connectivity index (χ2v) is 10.4. The molecular weight excluding hydrogens is 526 g/mol. The summed E-state index contributed by atoms with van der Waals surface area (Å²) in [4.78, 5) is 36.4. The van der Waals surface area contributed by atoms with Crippen LogP contribution in [0.25, 0.3) is 16.9 Å². The predicted octanol–water partition coefficient (Wildman–Crippen LogP) is 6.27. The number of rotatable bonds is 6. The summed E-state index contributed by atoms with van der Waals surface area (Å²) >= 11 is 1.34. The largest absolute Gasteiger partial charge is 0.455 e. The molecule has 0 radical (unpaired) electrons. The summed E-state index contributed by atoms with van der Waals surface area (Å²) < 4.78 is 64.0. The average Bonchev–Trinajstić information content (AvgIpc) is 3.40. The Morgan fingerprint density at radius 1 is 1.12 bits per heavy atom. The number of aromatic nitrogens is 5. The quantitative estimate of drug-likeness (QED) is 0.208. The van der Waals surface area contributed by atoms with E-state index < -0.39 is 53.6 Å². The van der Waals surface area contributed by atoms with Crippen LogP contribution >= 0.6 is 11.8 Å². The second-order valence-electron chi connectivity index (χ2n) is 9.60. The van der Waals surface area contributed by atoms with Crippen LogP contribution in [0.4, 0.5) is 16.3 Å². The van der Waals surface area contributed by atoms with E-state index >= 15 is 0 Å². The minimum atomic E-state index is -2.88. The molecule has 0 spiro atoms. The summed E-state index contributed by atoms with van der Waals surface area (Å²) in [6.07, 6.45) is 4.42. The molecule has 0 bridgehead atoms. The molecule has 10 nitrogen and oxygen atoms in total. The first-order valence-electron chi connectivity index (χ1n) is 15.5. The Labute approximate surface area is 245 Å². The molecule has 2 amide bonds. The van der Waals surface area contributed by atoms with Gasteiger partial charge in [0, 0.05) is 32.8 Å². The van der Waals surface area contributed by atoms with Crippen LogP contribution in [0.3, 0.4) is 0 Å². The number of anilines is 2. The molecule has 5 rings (SSSR count). The minimum Gasteiger partial charge on any atom is -0.455 e. The van der Waals surface area contributed by atoms with E-state index in [-0.39, 0.29) is 17.2 Å². The molecular formula is C29H29N7O3S. The maximum atomic E-state index is 13.3. The SMILES string of the molecule is [2H]c1c([2H])c(C([2H])([2H])[2H])c([2H])c([2H])c1-n1nc(C(C)(C)C)cc1NC(=O)Nc1ccc(Oc2ccnc3[nH]c(=O)cnc23)cc1SC. The van der Waals surface area contributed by atoms with Crippen molar-refractivity contribution in [2.24, 2.45) is 0 Å². The molecule has 5 aromatic rings. The number of fused-ring (bicyclic) bond motifs is 1. The maximum absolute atomic E-state index is 13.3. The number of aromatic amines is 1. The first-order valence-corrected chi connectivity index (χ1v) is 13.2. The summed E-state index contributed by atoms with van der Waals surface area (Å²) in [5.41, 5.74) is -0.422. The lowest BCUT2D eigenvalue weighted by atomic mass is 9.92. The molecule has 0 unspecified atom stereocenters. The fourth-order valence-electron chi connectivity index (χ4n) is 3.66. The number of carbonyl (C=O) groups is 1. The van der Waals surface area contributed by atoms with E-state index in [0.29, 0.717) is 33.3 Å². The van der Waals surface area contributed by atoms with Gasteiger partial charge in [-0.05, 0) is 43.4 Å². The molecule has 0 fully saturated rings. The van der Waals surface area contributed by atoms with Crippen LogP contribution < -0.4 is 20.9 Å². The number of thioether (sulfide) groups is 1. The van der Waals surface area contributed by atoms with Crippen LogP contribution in [-0.2, 0) is 5.41 Å². The van der Waals surface area contributed by atoms with Crippen LogP contribution in [0.15, 0.2) is 76.6 Å². The van der Waals surface area contributed by atoms with Crippen molar-refractivity contribution in [2.75, 3.05) is 16.9 Å². The number of hydrogen-bond donors (Lipinski definition) is 3. The van der Waals surface area contributed by atoms with Crippen molar-refractivity contribution in [1.29, 1.82) is 0 Å². The number of nitrogens with zero attached hydrogens (tertiary/aromatic N) is 4. The number of benzene rings is 2. The monoisotopic (exact) mass is 562 g/mol. The highest BCUT2D eigenvalue weighted by atomic mass is 32.2. The lowest BCUT2D eigenvalue weighted by Crippen LogP contribution is -2.21. The van der Waals surface area contributed by atoms with Crippen LogP contribution in [0.2, 0.25) is 0 Å². The standard InChI is InChI=1S/C29H29N7O3S/c1-17-6-8-18(9-7-17)36-24(15-23(35-36)29(2,3)4)33-28(38)32-20-11-10-19(14-22(20)40-5)39-21-12-13-30-27-26(21)31-16-25(37)34-27/h6-16H,1-5H3,(H,30,34,37)(H2,32,33,38)/i1D3,6D,7D,8D,9D. The Bertz CT molecular complexity index is 2060. The third-order valence-corrected chi connectivity index (χ3v) is 6.41. The van der Waals surface area contributed by atoms with Gasteiger partial charge in [0.25, 0.3) is 5.56 Å². The first kappa shape index (κ1) is 19.4. The molecule has 0 saturated heterocycles. The number of urea groups is 1. The zero-order chi connectivity index (χ0) is 34.4. The van der Waals surface area contributed by atoms with Gasteiger partial charge in [0.05, 0.1) is 28.7 Å². The molecule has 0 aliphatic carbocycles. The van der Waals surface area contributed by atoms with Gasteiger partial charge in [-0.2, -0.15) is 5.10 Å². The van der Waals surface area contributed by atoms with Crippen molar-refractivity contribution in [3.63, 3.8) is 0 Å². The highest BCUT2D eigenvalue weighted by Crippen LogP contribution is 2.34. The molecule has 3 aromatic heterocycles. The van der Waals surface area contributed by atoms with Crippen molar-refractivity contribution in [2.45, 2.75) is 37.9 Å². The van der Waals surface area contributed by atoms with Gasteiger partial charge >= 0.3 is 6.03 Å². The average molecular weight is 563 g/mol. The normalized spacial score (nSPS) is 14.2. The van der Waals surface area contributed by atoms with Crippen LogP contribution in [0.5, 0.6) is 11.5 Å². The van der Waals surface area contributed by atoms with E-state index in [1.807, 2.05) is 27.0 Å². The fourth-order valence-corrected chi connectivity index (χ4v) is 4.23. The van der Waals surface area contributed by atoms with Gasteiger partial charge in [-0.1, -0.05) is 38.4 Å². The van der Waals surface area contributed by atoms with Gasteiger partial charge in [0.15, 0.2) is 11.4 Å². The van der Waals surface area contributed by atoms with Crippen LogP contribution in [0, 0.1) is 6.85 Å². The molecule has 3 heterocycles. The number of carbonyl (C=O) groups excluding carboxylic acids is 1.